The number of methoxy groups -OCH3 is 1. The van der Waals surface area contributed by atoms with Crippen LogP contribution in [0.4, 0.5) is 13.2 Å². The summed E-state index contributed by atoms with van der Waals surface area (Å²) in [5.41, 5.74) is 1.58. The van der Waals surface area contributed by atoms with E-state index >= 15 is 0 Å². The quantitative estimate of drug-likeness (QED) is 0.529. The Morgan fingerprint density at radius 1 is 1.04 bits per heavy atom. The van der Waals surface area contributed by atoms with Gasteiger partial charge in [0.2, 0.25) is 0 Å². The van der Waals surface area contributed by atoms with E-state index in [-0.39, 0.29) is 5.52 Å². The highest BCUT2D eigenvalue weighted by Gasteiger charge is 2.33. The molecule has 2 aromatic heterocycles. The molecular formula is C19H13F3N2O. The van der Waals surface area contributed by atoms with Crippen molar-refractivity contribution < 1.29 is 17.9 Å². The lowest BCUT2D eigenvalue weighted by Crippen LogP contribution is -2.06. The number of H-pyrrole nitrogens is 1. The molecule has 0 atom stereocenters. The van der Waals surface area contributed by atoms with E-state index in [1.54, 1.807) is 13.2 Å². The summed E-state index contributed by atoms with van der Waals surface area (Å²) in [6, 6.07) is 13.4. The van der Waals surface area contributed by atoms with E-state index in [0.717, 1.165) is 28.5 Å². The third-order valence-electron chi connectivity index (χ3n) is 4.19. The number of nitrogens with one attached hydrogen (secondary N) is 1. The van der Waals surface area contributed by atoms with Crippen molar-refractivity contribution in [1.29, 1.82) is 0 Å². The second kappa shape index (κ2) is 5.51. The van der Waals surface area contributed by atoms with E-state index in [0.29, 0.717) is 10.9 Å². The van der Waals surface area contributed by atoms with Crippen LogP contribution in [0.25, 0.3) is 33.1 Å². The molecule has 2 heterocycles. The highest BCUT2D eigenvalue weighted by atomic mass is 19.4. The predicted octanol–water partition coefficient (Wildman–Crippen LogP) is 5.41. The summed E-state index contributed by atoms with van der Waals surface area (Å²) in [4.78, 5) is 7.27. The Morgan fingerprint density at radius 2 is 1.80 bits per heavy atom. The molecule has 0 unspecified atom stereocenters. The zero-order valence-corrected chi connectivity index (χ0v) is 13.2. The van der Waals surface area contributed by atoms with Crippen LogP contribution < -0.4 is 4.74 Å². The predicted molar refractivity (Wildman–Crippen MR) is 90.6 cm³/mol. The van der Waals surface area contributed by atoms with Crippen LogP contribution in [0.5, 0.6) is 5.75 Å². The Labute approximate surface area is 141 Å². The second-order valence-electron chi connectivity index (χ2n) is 5.70. The van der Waals surface area contributed by atoms with Crippen LogP contribution in [0, 0.1) is 0 Å². The maximum absolute atomic E-state index is 13.2. The number of halogens is 3. The molecule has 0 fully saturated rings. The summed E-state index contributed by atoms with van der Waals surface area (Å²) in [6.45, 7) is 0. The fraction of sp³-hybridized carbons (Fsp3) is 0.105. The molecule has 0 spiro atoms. The zero-order valence-electron chi connectivity index (χ0n) is 13.2. The summed E-state index contributed by atoms with van der Waals surface area (Å²) in [6.07, 6.45) is -2.97. The third kappa shape index (κ3) is 2.59. The largest absolute Gasteiger partial charge is 0.497 e. The van der Waals surface area contributed by atoms with E-state index < -0.39 is 11.7 Å². The topological polar surface area (TPSA) is 37.9 Å². The van der Waals surface area contributed by atoms with E-state index in [9.17, 15) is 13.2 Å². The van der Waals surface area contributed by atoms with Crippen LogP contribution in [-0.4, -0.2) is 17.1 Å². The summed E-state index contributed by atoms with van der Waals surface area (Å²) < 4.78 is 44.7. The first kappa shape index (κ1) is 15.5. The Hall–Kier alpha value is -3.02. The third-order valence-corrected chi connectivity index (χ3v) is 4.19. The molecule has 1 N–H and O–H groups in total. The maximum atomic E-state index is 13.2. The minimum atomic E-state index is -4.44. The molecule has 2 aromatic carbocycles. The molecule has 0 saturated carbocycles. The van der Waals surface area contributed by atoms with Gasteiger partial charge in [-0.3, -0.25) is 4.98 Å². The number of aromatic nitrogens is 2. The first-order valence-corrected chi connectivity index (χ1v) is 7.59. The Balaban J connectivity index is 1.92. The number of hydrogen-bond acceptors (Lipinski definition) is 2. The van der Waals surface area contributed by atoms with Crippen molar-refractivity contribution in [1.82, 2.24) is 9.97 Å². The molecule has 3 nitrogen and oxygen atoms in total. The minimum absolute atomic E-state index is 0.0503. The Bertz CT molecular complexity index is 1070. The summed E-state index contributed by atoms with van der Waals surface area (Å²) in [7, 11) is 1.59. The van der Waals surface area contributed by atoms with Crippen LogP contribution >= 0.6 is 0 Å². The molecule has 0 saturated heterocycles. The summed E-state index contributed by atoms with van der Waals surface area (Å²) in [5.74, 6) is 0.738. The lowest BCUT2D eigenvalue weighted by Gasteiger charge is -2.09. The highest BCUT2D eigenvalue weighted by Crippen LogP contribution is 2.36. The van der Waals surface area contributed by atoms with Crippen molar-refractivity contribution in [2.45, 2.75) is 6.18 Å². The van der Waals surface area contributed by atoms with Crippen LogP contribution in [0.1, 0.15) is 5.56 Å². The fourth-order valence-electron chi connectivity index (χ4n) is 2.97. The Kier molecular flexibility index (Phi) is 3.42. The zero-order chi connectivity index (χ0) is 17.6. The first-order valence-electron chi connectivity index (χ1n) is 7.59. The number of hydrogen-bond donors (Lipinski definition) is 1. The number of nitrogens with zero attached hydrogens (tertiary/aromatic N) is 1. The van der Waals surface area contributed by atoms with Crippen LogP contribution in [-0.2, 0) is 6.18 Å². The molecule has 0 radical (unpaired) electrons. The number of rotatable bonds is 2. The van der Waals surface area contributed by atoms with E-state index in [1.807, 2.05) is 30.3 Å². The number of pyridine rings is 1. The maximum Gasteiger partial charge on any atom is 0.418 e. The highest BCUT2D eigenvalue weighted by molar-refractivity contribution is 6.06. The second-order valence-corrected chi connectivity index (χ2v) is 5.70. The van der Waals surface area contributed by atoms with Crippen molar-refractivity contribution in [3.63, 3.8) is 0 Å². The fourth-order valence-corrected chi connectivity index (χ4v) is 2.97. The number of ether oxygens (including phenoxy) is 1. The van der Waals surface area contributed by atoms with E-state index in [1.165, 1.54) is 12.3 Å². The summed E-state index contributed by atoms with van der Waals surface area (Å²) >= 11 is 0. The molecule has 4 rings (SSSR count). The van der Waals surface area contributed by atoms with E-state index in [4.69, 9.17) is 4.74 Å². The average Bonchev–Trinajstić information content (AvgIpc) is 3.05. The van der Waals surface area contributed by atoms with Gasteiger partial charge in [0.1, 0.15) is 5.75 Å². The molecule has 4 aromatic rings. The molecule has 6 heteroatoms. The van der Waals surface area contributed by atoms with Crippen LogP contribution in [0.3, 0.4) is 0 Å². The molecule has 0 aliphatic heterocycles. The van der Waals surface area contributed by atoms with Crippen LogP contribution in [0.2, 0.25) is 0 Å². The van der Waals surface area contributed by atoms with Gasteiger partial charge in [-0.25, -0.2) is 0 Å². The average molecular weight is 342 g/mol. The molecular weight excluding hydrogens is 329 g/mol. The van der Waals surface area contributed by atoms with Gasteiger partial charge in [0.05, 0.1) is 23.7 Å². The van der Waals surface area contributed by atoms with Crippen molar-refractivity contribution >= 4 is 21.8 Å². The number of alkyl halides is 3. The van der Waals surface area contributed by atoms with Gasteiger partial charge in [-0.15, -0.1) is 0 Å². The van der Waals surface area contributed by atoms with Crippen molar-refractivity contribution in [3.05, 3.63) is 60.3 Å². The molecule has 126 valence electrons. The molecule has 0 aliphatic rings. The monoisotopic (exact) mass is 342 g/mol. The standard InChI is InChI=1S/C19H13F3N2O/c1-25-13-7-5-11(6-8-13)16-9-12-10-23-18-14(17(12)24-16)3-2-4-15(18)19(20,21)22/h2-10,24H,1H3. The minimum Gasteiger partial charge on any atom is -0.497 e. The lowest BCUT2D eigenvalue weighted by molar-refractivity contribution is -0.136. The van der Waals surface area contributed by atoms with Gasteiger partial charge < -0.3 is 9.72 Å². The van der Waals surface area contributed by atoms with Gasteiger partial charge in [-0.1, -0.05) is 12.1 Å². The number of para-hydroxylation sites is 1. The van der Waals surface area contributed by atoms with Gasteiger partial charge in [-0.2, -0.15) is 13.2 Å². The molecule has 0 aliphatic carbocycles. The van der Waals surface area contributed by atoms with Crippen molar-refractivity contribution in [2.75, 3.05) is 7.11 Å². The molecule has 0 amide bonds. The normalized spacial score (nSPS) is 12.0. The molecule has 25 heavy (non-hydrogen) atoms. The van der Waals surface area contributed by atoms with E-state index in [2.05, 4.69) is 9.97 Å². The lowest BCUT2D eigenvalue weighted by atomic mass is 10.1. The number of benzene rings is 2. The summed E-state index contributed by atoms with van der Waals surface area (Å²) in [5, 5.41) is 1.21. The van der Waals surface area contributed by atoms with Crippen LogP contribution in [0.15, 0.2) is 54.7 Å². The molecule has 0 bridgehead atoms. The first-order chi connectivity index (χ1) is 12.0. The van der Waals surface area contributed by atoms with Gasteiger partial charge in [-0.05, 0) is 42.0 Å². The number of aromatic amines is 1. The Morgan fingerprint density at radius 3 is 2.48 bits per heavy atom. The van der Waals surface area contributed by atoms with Gasteiger partial charge in [0.25, 0.3) is 0 Å². The van der Waals surface area contributed by atoms with Gasteiger partial charge in [0.15, 0.2) is 0 Å². The smallest absolute Gasteiger partial charge is 0.418 e. The van der Waals surface area contributed by atoms with Gasteiger partial charge >= 0.3 is 6.18 Å². The van der Waals surface area contributed by atoms with Crippen molar-refractivity contribution in [3.8, 4) is 17.0 Å². The van der Waals surface area contributed by atoms with Gasteiger partial charge in [0, 0.05) is 22.7 Å². The SMILES string of the molecule is COc1ccc(-c2cc3cnc4c(C(F)(F)F)cccc4c3[nH]2)cc1. The number of fused-ring (bicyclic) bond motifs is 3. The van der Waals surface area contributed by atoms with Crippen molar-refractivity contribution in [2.24, 2.45) is 0 Å².